The van der Waals surface area contributed by atoms with Crippen molar-refractivity contribution >= 4 is 0 Å². The summed E-state index contributed by atoms with van der Waals surface area (Å²) >= 11 is 0. The highest BCUT2D eigenvalue weighted by molar-refractivity contribution is 4.82. The molecule has 0 spiro atoms. The number of hydrogen-bond donors (Lipinski definition) is 1. The van der Waals surface area contributed by atoms with E-state index in [1.54, 1.807) is 0 Å². The van der Waals surface area contributed by atoms with Crippen LogP contribution < -0.4 is 0 Å². The molecule has 1 saturated carbocycles. The molecule has 0 aromatic carbocycles. The topological polar surface area (TPSA) is 26.7 Å². The molecule has 0 aromatic rings. The van der Waals surface area contributed by atoms with Gasteiger partial charge in [0.2, 0.25) is 0 Å². The van der Waals surface area contributed by atoms with Crippen LogP contribution >= 0.6 is 0 Å². The van der Waals surface area contributed by atoms with Gasteiger partial charge in [0.1, 0.15) is 0 Å². The van der Waals surface area contributed by atoms with Gasteiger partial charge in [-0.2, -0.15) is 0 Å². The number of aliphatic hydroxyl groups excluding tert-OH is 1. The largest absolute Gasteiger partial charge is 0.392 e. The molecule has 2 rings (SSSR count). The van der Waals surface area contributed by atoms with Crippen LogP contribution in [-0.2, 0) is 0 Å². The van der Waals surface area contributed by atoms with Gasteiger partial charge in [-0.05, 0) is 32.6 Å². The number of aliphatic hydroxyl groups is 1. The molecule has 0 radical (unpaired) electrons. The third-order valence-corrected chi connectivity index (χ3v) is 4.34. The number of β-amino-alcohol motifs (C(OH)–C–C–N with tert-alkyl or cyclic N) is 1. The fourth-order valence-electron chi connectivity index (χ4n) is 3.41. The SMILES string of the molecule is C[C@@H](O)CN1CCN(CC2CCCC2)C[C@@H]1C. The van der Waals surface area contributed by atoms with Crippen molar-refractivity contribution in [2.75, 3.05) is 32.7 Å². The normalized spacial score (nSPS) is 30.9. The van der Waals surface area contributed by atoms with E-state index in [4.69, 9.17) is 0 Å². The molecule has 100 valence electrons. The molecule has 0 bridgehead atoms. The van der Waals surface area contributed by atoms with E-state index in [0.29, 0.717) is 6.04 Å². The van der Waals surface area contributed by atoms with E-state index in [-0.39, 0.29) is 6.10 Å². The average molecular weight is 240 g/mol. The Kier molecular flexibility index (Phi) is 4.83. The second-order valence-electron chi connectivity index (χ2n) is 6.10. The Morgan fingerprint density at radius 2 is 1.94 bits per heavy atom. The first-order chi connectivity index (χ1) is 8.15. The fraction of sp³-hybridized carbons (Fsp3) is 1.00. The lowest BCUT2D eigenvalue weighted by molar-refractivity contribution is 0.0396. The first-order valence-electron chi connectivity index (χ1n) is 7.29. The van der Waals surface area contributed by atoms with Gasteiger partial charge in [0.15, 0.2) is 0 Å². The summed E-state index contributed by atoms with van der Waals surface area (Å²) in [5.41, 5.74) is 0. The van der Waals surface area contributed by atoms with Gasteiger partial charge < -0.3 is 10.0 Å². The summed E-state index contributed by atoms with van der Waals surface area (Å²) in [5, 5.41) is 9.46. The summed E-state index contributed by atoms with van der Waals surface area (Å²) in [6.45, 7) is 9.82. The third-order valence-electron chi connectivity index (χ3n) is 4.34. The van der Waals surface area contributed by atoms with Crippen molar-refractivity contribution in [3.05, 3.63) is 0 Å². The monoisotopic (exact) mass is 240 g/mol. The van der Waals surface area contributed by atoms with Crippen LogP contribution in [0, 0.1) is 5.92 Å². The standard InChI is InChI=1S/C14H28N2O/c1-12-9-15(11-14-5-3-4-6-14)7-8-16(12)10-13(2)17/h12-14,17H,3-11H2,1-2H3/t12-,13+/m0/s1. The fourth-order valence-corrected chi connectivity index (χ4v) is 3.41. The lowest BCUT2D eigenvalue weighted by atomic mass is 10.1. The van der Waals surface area contributed by atoms with Crippen LogP contribution in [0.15, 0.2) is 0 Å². The average Bonchev–Trinajstić information content (AvgIpc) is 2.74. The van der Waals surface area contributed by atoms with Crippen LogP contribution in [0.25, 0.3) is 0 Å². The van der Waals surface area contributed by atoms with Gasteiger partial charge in [-0.25, -0.2) is 0 Å². The lowest BCUT2D eigenvalue weighted by Gasteiger charge is -2.41. The molecule has 1 aliphatic heterocycles. The predicted octanol–water partition coefficient (Wildman–Crippen LogP) is 1.56. The van der Waals surface area contributed by atoms with Crippen LogP contribution in [0.4, 0.5) is 0 Å². The molecule has 0 aromatic heterocycles. The van der Waals surface area contributed by atoms with Crippen LogP contribution in [0.5, 0.6) is 0 Å². The number of hydrogen-bond acceptors (Lipinski definition) is 3. The molecule has 2 fully saturated rings. The Hall–Kier alpha value is -0.120. The third kappa shape index (κ3) is 3.94. The van der Waals surface area contributed by atoms with Crippen molar-refractivity contribution < 1.29 is 5.11 Å². The van der Waals surface area contributed by atoms with E-state index in [9.17, 15) is 5.11 Å². The minimum atomic E-state index is -0.196. The van der Waals surface area contributed by atoms with Crippen molar-refractivity contribution in [3.63, 3.8) is 0 Å². The Morgan fingerprint density at radius 1 is 1.24 bits per heavy atom. The number of rotatable bonds is 4. The van der Waals surface area contributed by atoms with Crippen molar-refractivity contribution in [1.29, 1.82) is 0 Å². The van der Waals surface area contributed by atoms with Crippen molar-refractivity contribution in [1.82, 2.24) is 9.80 Å². The smallest absolute Gasteiger partial charge is 0.0639 e. The predicted molar refractivity (Wildman–Crippen MR) is 71.1 cm³/mol. The van der Waals surface area contributed by atoms with Gasteiger partial charge in [0.25, 0.3) is 0 Å². The van der Waals surface area contributed by atoms with Gasteiger partial charge in [0.05, 0.1) is 6.10 Å². The Morgan fingerprint density at radius 3 is 2.53 bits per heavy atom. The van der Waals surface area contributed by atoms with E-state index in [1.165, 1.54) is 45.3 Å². The van der Waals surface area contributed by atoms with E-state index in [2.05, 4.69) is 16.7 Å². The van der Waals surface area contributed by atoms with Crippen molar-refractivity contribution in [2.45, 2.75) is 51.7 Å². The van der Waals surface area contributed by atoms with Gasteiger partial charge in [-0.15, -0.1) is 0 Å². The molecule has 17 heavy (non-hydrogen) atoms. The zero-order valence-corrected chi connectivity index (χ0v) is 11.4. The summed E-state index contributed by atoms with van der Waals surface area (Å²) in [6.07, 6.45) is 5.59. The maximum absolute atomic E-state index is 9.46. The van der Waals surface area contributed by atoms with Crippen LogP contribution in [0.1, 0.15) is 39.5 Å². The zero-order valence-electron chi connectivity index (χ0n) is 11.4. The Balaban J connectivity index is 1.74. The number of nitrogens with zero attached hydrogens (tertiary/aromatic N) is 2. The molecule has 1 saturated heterocycles. The number of piperazine rings is 1. The van der Waals surface area contributed by atoms with Gasteiger partial charge >= 0.3 is 0 Å². The van der Waals surface area contributed by atoms with Crippen molar-refractivity contribution in [3.8, 4) is 0 Å². The van der Waals surface area contributed by atoms with E-state index < -0.39 is 0 Å². The molecule has 0 unspecified atom stereocenters. The van der Waals surface area contributed by atoms with Crippen molar-refractivity contribution in [2.24, 2.45) is 5.92 Å². The van der Waals surface area contributed by atoms with Gasteiger partial charge in [-0.1, -0.05) is 12.8 Å². The molecule has 2 atom stereocenters. The summed E-state index contributed by atoms with van der Waals surface area (Å²) in [7, 11) is 0. The first kappa shape index (κ1) is 13.3. The van der Waals surface area contributed by atoms with Crippen LogP contribution in [0.2, 0.25) is 0 Å². The zero-order chi connectivity index (χ0) is 12.3. The summed E-state index contributed by atoms with van der Waals surface area (Å²) in [5.74, 6) is 0.963. The minimum Gasteiger partial charge on any atom is -0.392 e. The Bertz CT molecular complexity index is 226. The van der Waals surface area contributed by atoms with E-state index >= 15 is 0 Å². The first-order valence-corrected chi connectivity index (χ1v) is 7.29. The molecule has 1 N–H and O–H groups in total. The summed E-state index contributed by atoms with van der Waals surface area (Å²) in [4.78, 5) is 5.06. The summed E-state index contributed by atoms with van der Waals surface area (Å²) in [6, 6.07) is 0.597. The highest BCUT2D eigenvalue weighted by atomic mass is 16.3. The molecule has 3 heteroatoms. The second-order valence-corrected chi connectivity index (χ2v) is 6.10. The quantitative estimate of drug-likeness (QED) is 0.808. The second kappa shape index (κ2) is 6.17. The van der Waals surface area contributed by atoms with Gasteiger partial charge in [0, 0.05) is 38.8 Å². The molecule has 1 aliphatic carbocycles. The molecular weight excluding hydrogens is 212 g/mol. The molecular formula is C14H28N2O. The maximum atomic E-state index is 9.46. The van der Waals surface area contributed by atoms with Gasteiger partial charge in [-0.3, -0.25) is 4.90 Å². The van der Waals surface area contributed by atoms with E-state index in [0.717, 1.165) is 19.0 Å². The maximum Gasteiger partial charge on any atom is 0.0639 e. The Labute approximate surface area is 106 Å². The molecule has 2 aliphatic rings. The molecule has 0 amide bonds. The van der Waals surface area contributed by atoms with E-state index in [1.807, 2.05) is 6.92 Å². The molecule has 1 heterocycles. The van der Waals surface area contributed by atoms with Crippen LogP contribution in [-0.4, -0.2) is 59.8 Å². The lowest BCUT2D eigenvalue weighted by Crippen LogP contribution is -2.54. The molecule has 3 nitrogen and oxygen atoms in total. The minimum absolute atomic E-state index is 0.196. The highest BCUT2D eigenvalue weighted by Crippen LogP contribution is 2.26. The highest BCUT2D eigenvalue weighted by Gasteiger charge is 2.26. The summed E-state index contributed by atoms with van der Waals surface area (Å²) < 4.78 is 0. The van der Waals surface area contributed by atoms with Crippen LogP contribution in [0.3, 0.4) is 0 Å².